The van der Waals surface area contributed by atoms with Gasteiger partial charge in [0.2, 0.25) is 11.8 Å². The monoisotopic (exact) mass is 343 g/mol. The average molecular weight is 343 g/mol. The van der Waals surface area contributed by atoms with Crippen molar-refractivity contribution in [1.29, 1.82) is 0 Å². The topological polar surface area (TPSA) is 61.4 Å². The molecule has 3 aliphatic heterocycles. The van der Waals surface area contributed by atoms with E-state index in [1.165, 1.54) is 12.0 Å². The molecule has 1 saturated carbocycles. The Bertz CT molecular complexity index is 751. The van der Waals surface area contributed by atoms with E-state index in [4.69, 9.17) is 0 Å². The minimum Gasteiger partial charge on any atom is -0.316 e. The fourth-order valence-electron chi connectivity index (χ4n) is 5.32. The Balaban J connectivity index is 1.44. The van der Waals surface area contributed by atoms with E-state index in [1.807, 2.05) is 11.0 Å². The number of rotatable bonds is 2. The first kappa shape index (κ1) is 15.5. The second-order valence-electron chi connectivity index (χ2n) is 7.91. The number of carbonyl (C=O) groups excluding carboxylic acids is 2. The van der Waals surface area contributed by atoms with E-state index in [-0.39, 0.29) is 23.7 Å². The van der Waals surface area contributed by atoms with Gasteiger partial charge >= 0.3 is 0 Å². The average Bonchev–Trinajstić information content (AvgIpc) is 3.04. The van der Waals surface area contributed by atoms with Crippen LogP contribution in [0.5, 0.6) is 0 Å². The van der Waals surface area contributed by atoms with Crippen molar-refractivity contribution >= 4 is 11.8 Å². The molecule has 6 heteroatoms. The molecule has 2 saturated heterocycles. The van der Waals surface area contributed by atoms with Crippen LogP contribution in [0.2, 0.25) is 0 Å². The van der Waals surface area contributed by atoms with E-state index in [9.17, 15) is 14.0 Å². The van der Waals surface area contributed by atoms with Crippen LogP contribution in [0, 0.1) is 17.7 Å². The quantitative estimate of drug-likeness (QED) is 0.794. The number of nitrogens with one attached hydrogen (secondary N) is 2. The molecule has 3 atom stereocenters. The van der Waals surface area contributed by atoms with Crippen LogP contribution in [0.15, 0.2) is 12.1 Å². The third-order valence-corrected chi connectivity index (χ3v) is 6.58. The van der Waals surface area contributed by atoms with E-state index in [0.717, 1.165) is 24.2 Å². The Labute approximate surface area is 146 Å². The molecule has 1 aliphatic carbocycles. The van der Waals surface area contributed by atoms with Crippen molar-refractivity contribution in [2.45, 2.75) is 44.3 Å². The molecular weight excluding hydrogens is 321 g/mol. The summed E-state index contributed by atoms with van der Waals surface area (Å²) in [6, 6.07) is 3.24. The number of hydrogen-bond acceptors (Lipinski definition) is 4. The van der Waals surface area contributed by atoms with Crippen LogP contribution in [-0.2, 0) is 22.7 Å². The number of halogens is 1. The van der Waals surface area contributed by atoms with Crippen LogP contribution < -0.4 is 10.6 Å². The van der Waals surface area contributed by atoms with Crippen molar-refractivity contribution in [1.82, 2.24) is 15.5 Å². The maximum absolute atomic E-state index is 14.5. The number of amides is 2. The van der Waals surface area contributed by atoms with Crippen LogP contribution in [0.3, 0.4) is 0 Å². The number of piperidine rings is 3. The van der Waals surface area contributed by atoms with E-state index in [0.29, 0.717) is 43.7 Å². The van der Waals surface area contributed by atoms with Gasteiger partial charge in [-0.3, -0.25) is 19.8 Å². The standard InChI is InChI=1S/C19H22FN3O2/c20-15-2-1-12(18-10-5-11(18)7-21-6-10)13-8-23(9-14(13)15)16-3-4-17(24)22-19(16)25/h1-2,10-11,16,18,21H,3-9H2,(H,22,24,25). The number of hydrogen-bond donors (Lipinski definition) is 2. The summed E-state index contributed by atoms with van der Waals surface area (Å²) >= 11 is 0. The second-order valence-corrected chi connectivity index (χ2v) is 7.91. The molecule has 2 N–H and O–H groups in total. The summed E-state index contributed by atoms with van der Waals surface area (Å²) in [5.74, 6) is 1.21. The highest BCUT2D eigenvalue weighted by Crippen LogP contribution is 2.51. The SMILES string of the molecule is O=C1CCC(N2Cc3c(F)ccc(C4C5CNCC4C5)c3C2)C(=O)N1. The molecule has 2 bridgehead atoms. The lowest BCUT2D eigenvalue weighted by atomic mass is 9.59. The Hall–Kier alpha value is -1.79. The Morgan fingerprint density at radius 3 is 2.56 bits per heavy atom. The van der Waals surface area contributed by atoms with Gasteiger partial charge in [-0.2, -0.15) is 0 Å². The molecule has 132 valence electrons. The molecule has 4 aliphatic rings. The molecule has 0 spiro atoms. The molecule has 1 aromatic carbocycles. The Kier molecular flexibility index (Phi) is 3.47. The van der Waals surface area contributed by atoms with Gasteiger partial charge in [0.25, 0.3) is 0 Å². The lowest BCUT2D eigenvalue weighted by Gasteiger charge is -2.50. The molecule has 3 unspecified atom stereocenters. The first-order valence-corrected chi connectivity index (χ1v) is 9.20. The van der Waals surface area contributed by atoms with E-state index < -0.39 is 0 Å². The smallest absolute Gasteiger partial charge is 0.243 e. The van der Waals surface area contributed by atoms with Gasteiger partial charge in [-0.25, -0.2) is 4.39 Å². The maximum Gasteiger partial charge on any atom is 0.243 e. The molecule has 3 heterocycles. The third-order valence-electron chi connectivity index (χ3n) is 6.58. The van der Waals surface area contributed by atoms with E-state index in [1.54, 1.807) is 6.07 Å². The molecule has 2 amide bonds. The summed E-state index contributed by atoms with van der Waals surface area (Å²) in [6.45, 7) is 3.16. The first-order chi connectivity index (χ1) is 12.1. The summed E-state index contributed by atoms with van der Waals surface area (Å²) in [4.78, 5) is 25.6. The van der Waals surface area contributed by atoms with Crippen LogP contribution in [0.25, 0.3) is 0 Å². The van der Waals surface area contributed by atoms with Crippen LogP contribution >= 0.6 is 0 Å². The fraction of sp³-hybridized carbons (Fsp3) is 0.579. The highest BCUT2D eigenvalue weighted by atomic mass is 19.1. The van der Waals surface area contributed by atoms with Crippen molar-refractivity contribution in [3.05, 3.63) is 34.6 Å². The van der Waals surface area contributed by atoms with E-state index >= 15 is 0 Å². The van der Waals surface area contributed by atoms with Crippen molar-refractivity contribution in [3.63, 3.8) is 0 Å². The zero-order valence-electron chi connectivity index (χ0n) is 14.1. The molecule has 25 heavy (non-hydrogen) atoms. The third kappa shape index (κ3) is 2.34. The fourth-order valence-corrected chi connectivity index (χ4v) is 5.32. The van der Waals surface area contributed by atoms with Crippen LogP contribution in [-0.4, -0.2) is 35.8 Å². The van der Waals surface area contributed by atoms with Gasteiger partial charge in [-0.05, 0) is 60.9 Å². The molecule has 1 aromatic rings. The van der Waals surface area contributed by atoms with Crippen molar-refractivity contribution in [2.24, 2.45) is 11.8 Å². The van der Waals surface area contributed by atoms with Crippen LogP contribution in [0.4, 0.5) is 4.39 Å². The van der Waals surface area contributed by atoms with Crippen LogP contribution in [0.1, 0.15) is 41.9 Å². The normalized spacial score (nSPS) is 34.4. The van der Waals surface area contributed by atoms with Gasteiger partial charge in [-0.15, -0.1) is 0 Å². The minimum absolute atomic E-state index is 0.170. The van der Waals surface area contributed by atoms with E-state index in [2.05, 4.69) is 10.6 Å². The maximum atomic E-state index is 14.5. The van der Waals surface area contributed by atoms with Gasteiger partial charge in [0.1, 0.15) is 5.82 Å². The second kappa shape index (κ2) is 5.61. The molecule has 0 radical (unpaired) electrons. The minimum atomic E-state index is -0.333. The predicted molar refractivity (Wildman–Crippen MR) is 89.0 cm³/mol. The Morgan fingerprint density at radius 1 is 1.08 bits per heavy atom. The highest BCUT2D eigenvalue weighted by Gasteiger charge is 2.46. The molecule has 0 aromatic heterocycles. The summed E-state index contributed by atoms with van der Waals surface area (Å²) in [6.07, 6.45) is 2.14. The highest BCUT2D eigenvalue weighted by molar-refractivity contribution is 6.00. The lowest BCUT2D eigenvalue weighted by molar-refractivity contribution is -0.137. The van der Waals surface area contributed by atoms with Gasteiger partial charge in [0, 0.05) is 25.1 Å². The summed E-state index contributed by atoms with van der Waals surface area (Å²) in [7, 11) is 0. The molecular formula is C19H22FN3O2. The van der Waals surface area contributed by atoms with Crippen molar-refractivity contribution < 1.29 is 14.0 Å². The number of benzene rings is 1. The van der Waals surface area contributed by atoms with Gasteiger partial charge in [0.15, 0.2) is 0 Å². The molecule has 3 fully saturated rings. The number of imide groups is 1. The zero-order chi connectivity index (χ0) is 17.1. The Morgan fingerprint density at radius 2 is 1.84 bits per heavy atom. The predicted octanol–water partition coefficient (Wildman–Crippen LogP) is 1.27. The summed E-state index contributed by atoms with van der Waals surface area (Å²) in [5.41, 5.74) is 3.13. The molecule has 5 nitrogen and oxygen atoms in total. The number of nitrogens with zero attached hydrogens (tertiary/aromatic N) is 1. The lowest BCUT2D eigenvalue weighted by Crippen LogP contribution is -2.52. The van der Waals surface area contributed by atoms with Gasteiger partial charge in [0.05, 0.1) is 6.04 Å². The molecule has 5 rings (SSSR count). The zero-order valence-corrected chi connectivity index (χ0v) is 14.1. The van der Waals surface area contributed by atoms with Crippen molar-refractivity contribution in [3.8, 4) is 0 Å². The summed E-state index contributed by atoms with van der Waals surface area (Å²) in [5, 5.41) is 5.88. The van der Waals surface area contributed by atoms with Gasteiger partial charge < -0.3 is 5.32 Å². The van der Waals surface area contributed by atoms with Gasteiger partial charge in [-0.1, -0.05) is 6.07 Å². The largest absolute Gasteiger partial charge is 0.316 e. The summed E-state index contributed by atoms with van der Waals surface area (Å²) < 4.78 is 14.5. The number of carbonyl (C=O) groups is 2. The number of fused-ring (bicyclic) bond motifs is 3. The first-order valence-electron chi connectivity index (χ1n) is 9.20. The van der Waals surface area contributed by atoms with Crippen molar-refractivity contribution in [2.75, 3.05) is 13.1 Å².